The molecule has 0 aliphatic heterocycles. The maximum atomic E-state index is 12.3. The topological polar surface area (TPSA) is 73.9 Å². The monoisotopic (exact) mass is 401 g/mol. The number of hydrogen-bond donors (Lipinski definition) is 1. The van der Waals surface area contributed by atoms with Crippen LogP contribution in [0.15, 0.2) is 18.2 Å². The van der Waals surface area contributed by atoms with Crippen molar-refractivity contribution in [2.24, 2.45) is 23.2 Å². The Bertz CT molecular complexity index is 739. The summed E-state index contributed by atoms with van der Waals surface area (Å²) in [5, 5.41) is 3.04. The number of carbonyl (C=O) groups is 2. The van der Waals surface area contributed by atoms with Crippen LogP contribution in [0.5, 0.6) is 11.5 Å². The second kappa shape index (κ2) is 8.25. The Morgan fingerprint density at radius 1 is 1.07 bits per heavy atom. The van der Waals surface area contributed by atoms with E-state index in [0.29, 0.717) is 30.2 Å². The van der Waals surface area contributed by atoms with E-state index in [1.165, 1.54) is 38.5 Å². The van der Waals surface area contributed by atoms with E-state index in [1.807, 2.05) is 6.92 Å². The highest BCUT2D eigenvalue weighted by Gasteiger charge is 2.50. The van der Waals surface area contributed by atoms with Gasteiger partial charge in [-0.15, -0.1) is 0 Å². The first kappa shape index (κ1) is 20.0. The molecule has 4 saturated carbocycles. The fraction of sp³-hybridized carbons (Fsp3) is 0.652. The molecule has 4 aliphatic carbocycles. The summed E-state index contributed by atoms with van der Waals surface area (Å²) < 4.78 is 15.9. The van der Waals surface area contributed by atoms with Gasteiger partial charge in [-0.25, -0.2) is 4.79 Å². The number of ether oxygens (including phenoxy) is 3. The Morgan fingerprint density at radius 2 is 1.72 bits per heavy atom. The van der Waals surface area contributed by atoms with Crippen LogP contribution in [0.25, 0.3) is 0 Å². The highest BCUT2D eigenvalue weighted by atomic mass is 16.5. The second-order valence-electron chi connectivity index (χ2n) is 9.07. The summed E-state index contributed by atoms with van der Waals surface area (Å²) in [6, 6.07) is 4.85. The lowest BCUT2D eigenvalue weighted by Crippen LogP contribution is -2.51. The molecule has 4 bridgehead atoms. The number of carbonyl (C=O) groups excluding carboxylic acids is 2. The van der Waals surface area contributed by atoms with Gasteiger partial charge in [-0.2, -0.15) is 0 Å². The first-order valence-corrected chi connectivity index (χ1v) is 10.7. The van der Waals surface area contributed by atoms with Crippen LogP contribution in [-0.2, 0) is 9.53 Å². The zero-order valence-corrected chi connectivity index (χ0v) is 17.4. The molecule has 6 nitrogen and oxygen atoms in total. The van der Waals surface area contributed by atoms with Crippen molar-refractivity contribution in [1.82, 2.24) is 5.32 Å². The summed E-state index contributed by atoms with van der Waals surface area (Å²) >= 11 is 0. The Balaban J connectivity index is 1.27. The fourth-order valence-corrected chi connectivity index (χ4v) is 6.13. The fourth-order valence-electron chi connectivity index (χ4n) is 6.13. The summed E-state index contributed by atoms with van der Waals surface area (Å²) in [4.78, 5) is 24.6. The molecule has 0 spiro atoms. The molecule has 4 aliphatic rings. The molecule has 5 rings (SSSR count). The molecule has 1 amide bonds. The molecule has 0 unspecified atom stereocenters. The average Bonchev–Trinajstić information content (AvgIpc) is 2.70. The standard InChI is InChI=1S/C23H31NO5/c1-3-28-20-9-18(4-5-19(20)27-2)22(26)29-13-21(25)24-14-23-10-15-6-16(11-23)8-17(7-15)12-23/h4-5,9,15-17H,3,6-8,10-14H2,1-2H3,(H,24,25). The Kier molecular flexibility index (Phi) is 5.70. The minimum Gasteiger partial charge on any atom is -0.493 e. The number of benzene rings is 1. The average molecular weight is 402 g/mol. The van der Waals surface area contributed by atoms with Gasteiger partial charge in [0.05, 0.1) is 19.3 Å². The maximum absolute atomic E-state index is 12.3. The normalized spacial score (nSPS) is 29.4. The van der Waals surface area contributed by atoms with Gasteiger partial charge in [0.1, 0.15) is 0 Å². The van der Waals surface area contributed by atoms with Crippen LogP contribution in [0.2, 0.25) is 0 Å². The lowest BCUT2D eigenvalue weighted by molar-refractivity contribution is -0.126. The van der Waals surface area contributed by atoms with Crippen LogP contribution in [0, 0.1) is 23.2 Å². The zero-order chi connectivity index (χ0) is 20.4. The molecule has 1 aromatic rings. The Hall–Kier alpha value is -2.24. The molecule has 0 saturated heterocycles. The highest BCUT2D eigenvalue weighted by molar-refractivity contribution is 5.92. The quantitative estimate of drug-likeness (QED) is 0.674. The smallest absolute Gasteiger partial charge is 0.338 e. The Labute approximate surface area is 172 Å². The predicted molar refractivity (Wildman–Crippen MR) is 108 cm³/mol. The van der Waals surface area contributed by atoms with Crippen molar-refractivity contribution < 1.29 is 23.8 Å². The third-order valence-electron chi connectivity index (χ3n) is 6.86. The maximum Gasteiger partial charge on any atom is 0.338 e. The SMILES string of the molecule is CCOc1cc(C(=O)OCC(=O)NCC23CC4CC(CC(C4)C2)C3)ccc1OC. The van der Waals surface area contributed by atoms with Gasteiger partial charge in [-0.3, -0.25) is 4.79 Å². The molecule has 29 heavy (non-hydrogen) atoms. The van der Waals surface area contributed by atoms with Crippen molar-refractivity contribution in [3.8, 4) is 11.5 Å². The van der Waals surface area contributed by atoms with Crippen LogP contribution in [0.3, 0.4) is 0 Å². The molecule has 4 fully saturated rings. The van der Waals surface area contributed by atoms with E-state index in [9.17, 15) is 9.59 Å². The number of hydrogen-bond acceptors (Lipinski definition) is 5. The molecular formula is C23H31NO5. The van der Waals surface area contributed by atoms with Crippen LogP contribution in [0.4, 0.5) is 0 Å². The summed E-state index contributed by atoms with van der Waals surface area (Å²) in [5.74, 6) is 2.82. The van der Waals surface area contributed by atoms with Gasteiger partial charge in [0.15, 0.2) is 18.1 Å². The second-order valence-corrected chi connectivity index (χ2v) is 9.07. The van der Waals surface area contributed by atoms with E-state index in [-0.39, 0.29) is 17.9 Å². The molecule has 0 heterocycles. The molecule has 1 aromatic carbocycles. The first-order valence-electron chi connectivity index (χ1n) is 10.7. The Morgan fingerprint density at radius 3 is 2.31 bits per heavy atom. The number of methoxy groups -OCH3 is 1. The third-order valence-corrected chi connectivity index (χ3v) is 6.86. The number of esters is 1. The van der Waals surface area contributed by atoms with Gasteiger partial charge < -0.3 is 19.5 Å². The largest absolute Gasteiger partial charge is 0.493 e. The third kappa shape index (κ3) is 4.36. The van der Waals surface area contributed by atoms with E-state index in [0.717, 1.165) is 17.8 Å². The molecule has 0 aromatic heterocycles. The summed E-state index contributed by atoms with van der Waals surface area (Å²) in [7, 11) is 1.55. The van der Waals surface area contributed by atoms with Gasteiger partial charge in [-0.05, 0) is 86.8 Å². The van der Waals surface area contributed by atoms with Crippen LogP contribution in [-0.4, -0.2) is 38.7 Å². The molecule has 0 atom stereocenters. The summed E-state index contributed by atoms with van der Waals surface area (Å²) in [6.07, 6.45) is 7.88. The van der Waals surface area contributed by atoms with Gasteiger partial charge in [0, 0.05) is 6.54 Å². The summed E-state index contributed by atoms with van der Waals surface area (Å²) in [5.41, 5.74) is 0.611. The summed E-state index contributed by atoms with van der Waals surface area (Å²) in [6.45, 7) is 2.77. The predicted octanol–water partition coefficient (Wildman–Crippen LogP) is 3.58. The van der Waals surface area contributed by atoms with E-state index < -0.39 is 5.97 Å². The number of nitrogens with one attached hydrogen (secondary N) is 1. The zero-order valence-electron chi connectivity index (χ0n) is 17.4. The first-order chi connectivity index (χ1) is 14.0. The molecule has 6 heteroatoms. The van der Waals surface area contributed by atoms with Crippen molar-refractivity contribution in [3.63, 3.8) is 0 Å². The minimum atomic E-state index is -0.543. The van der Waals surface area contributed by atoms with E-state index >= 15 is 0 Å². The van der Waals surface area contributed by atoms with Gasteiger partial charge in [-0.1, -0.05) is 0 Å². The van der Waals surface area contributed by atoms with Crippen molar-refractivity contribution in [3.05, 3.63) is 23.8 Å². The van der Waals surface area contributed by atoms with Gasteiger partial charge in [0.2, 0.25) is 0 Å². The molecule has 158 valence electrons. The van der Waals surface area contributed by atoms with Crippen molar-refractivity contribution in [2.45, 2.75) is 45.4 Å². The van der Waals surface area contributed by atoms with Gasteiger partial charge >= 0.3 is 5.97 Å². The van der Waals surface area contributed by atoms with Crippen LogP contribution >= 0.6 is 0 Å². The van der Waals surface area contributed by atoms with Crippen molar-refractivity contribution in [2.75, 3.05) is 26.9 Å². The minimum absolute atomic E-state index is 0.229. The van der Waals surface area contributed by atoms with Gasteiger partial charge in [0.25, 0.3) is 5.91 Å². The van der Waals surface area contributed by atoms with Crippen LogP contribution < -0.4 is 14.8 Å². The number of amides is 1. The van der Waals surface area contributed by atoms with Crippen molar-refractivity contribution >= 4 is 11.9 Å². The molecule has 1 N–H and O–H groups in total. The van der Waals surface area contributed by atoms with Crippen LogP contribution in [0.1, 0.15) is 55.8 Å². The highest BCUT2D eigenvalue weighted by Crippen LogP contribution is 2.59. The lowest BCUT2D eigenvalue weighted by Gasteiger charge is -2.56. The van der Waals surface area contributed by atoms with E-state index in [4.69, 9.17) is 14.2 Å². The van der Waals surface area contributed by atoms with E-state index in [2.05, 4.69) is 5.32 Å². The van der Waals surface area contributed by atoms with E-state index in [1.54, 1.807) is 25.3 Å². The molecule has 0 radical (unpaired) electrons. The van der Waals surface area contributed by atoms with Crippen molar-refractivity contribution in [1.29, 1.82) is 0 Å². The number of rotatable bonds is 8. The molecular weight excluding hydrogens is 370 g/mol. The lowest BCUT2D eigenvalue weighted by atomic mass is 9.49.